The lowest BCUT2D eigenvalue weighted by Gasteiger charge is -2.49. The molecule has 0 aromatic rings. The number of carbonyl (C=O) groups excluding carboxylic acids is 5. The third-order valence-corrected chi connectivity index (χ3v) is 7.45. The molecule has 0 bridgehead atoms. The molecular weight excluding hydrogens is 568 g/mol. The van der Waals surface area contributed by atoms with Gasteiger partial charge in [0.2, 0.25) is 5.91 Å². The smallest absolute Gasteiger partial charge is 0.333 e. The lowest BCUT2D eigenvalue weighted by Crippen LogP contribution is -2.80. The summed E-state index contributed by atoms with van der Waals surface area (Å²) in [5, 5.41) is 31.1. The van der Waals surface area contributed by atoms with Crippen LogP contribution in [0.3, 0.4) is 0 Å². The van der Waals surface area contributed by atoms with E-state index in [1.54, 1.807) is 0 Å². The molecule has 1 saturated heterocycles. The summed E-state index contributed by atoms with van der Waals surface area (Å²) in [4.78, 5) is 104. The molecule has 0 saturated carbocycles. The van der Waals surface area contributed by atoms with Crippen LogP contribution in [0.2, 0.25) is 0 Å². The predicted molar refractivity (Wildman–Crippen MR) is 142 cm³/mol. The van der Waals surface area contributed by atoms with Crippen molar-refractivity contribution in [2.24, 2.45) is 40.0 Å². The van der Waals surface area contributed by atoms with E-state index in [-0.39, 0.29) is 12.8 Å². The van der Waals surface area contributed by atoms with Gasteiger partial charge in [-0.15, -0.1) is 0 Å². The number of rotatable bonds is 19. The molecule has 0 aliphatic carbocycles. The Morgan fingerprint density at radius 1 is 0.902 bits per heavy atom. The number of ketones is 4. The molecule has 0 aromatic heterocycles. The lowest BCUT2D eigenvalue weighted by atomic mass is 9.51. The van der Waals surface area contributed by atoms with E-state index in [2.05, 4.69) is 17.9 Å². The molecule has 7 atom stereocenters. The first kappa shape index (κ1) is 35.7. The van der Waals surface area contributed by atoms with Crippen molar-refractivity contribution in [1.29, 1.82) is 0 Å². The van der Waals surface area contributed by atoms with Crippen LogP contribution in [0, 0.1) is 11.3 Å². The van der Waals surface area contributed by atoms with Crippen molar-refractivity contribution in [2.45, 2.75) is 68.2 Å². The summed E-state index contributed by atoms with van der Waals surface area (Å²) < 4.78 is 0. The highest BCUT2D eigenvalue weighted by Crippen LogP contribution is 2.46. The van der Waals surface area contributed by atoms with Gasteiger partial charge >= 0.3 is 17.9 Å². The van der Waals surface area contributed by atoms with Crippen LogP contribution in [-0.2, 0) is 38.4 Å². The molecule has 0 radical (unpaired) electrons. The molecule has 1 fully saturated rings. The van der Waals surface area contributed by atoms with Gasteiger partial charge in [-0.2, -0.15) is 12.6 Å². The summed E-state index contributed by atoms with van der Waals surface area (Å²) >= 11 is 3.86. The highest BCUT2D eigenvalue weighted by molar-refractivity contribution is 7.80. The van der Waals surface area contributed by atoms with Gasteiger partial charge in [-0.3, -0.25) is 33.6 Å². The number of Topliss-reactive ketones (excluding diaryl/α,β-unsaturated/α-hetero) is 4. The Labute approximate surface area is 239 Å². The van der Waals surface area contributed by atoms with Crippen LogP contribution >= 0.6 is 12.6 Å². The van der Waals surface area contributed by atoms with Crippen molar-refractivity contribution in [1.82, 2.24) is 5.32 Å². The van der Waals surface area contributed by atoms with Gasteiger partial charge in [-0.05, 0) is 25.8 Å². The number of carboxylic acid groups (broad SMARTS) is 3. The Morgan fingerprint density at radius 3 is 1.88 bits per heavy atom. The second-order valence-electron chi connectivity index (χ2n) is 9.74. The number of nitrogens with two attached hydrogens (primary N) is 5. The van der Waals surface area contributed by atoms with Gasteiger partial charge in [0.15, 0.2) is 28.7 Å². The van der Waals surface area contributed by atoms with Gasteiger partial charge in [0, 0.05) is 24.5 Å². The van der Waals surface area contributed by atoms with E-state index in [4.69, 9.17) is 33.8 Å². The van der Waals surface area contributed by atoms with Crippen LogP contribution in [0.5, 0.6) is 0 Å². The zero-order valence-corrected chi connectivity index (χ0v) is 22.9. The molecule has 0 spiro atoms. The van der Waals surface area contributed by atoms with Crippen molar-refractivity contribution in [3.8, 4) is 0 Å². The molecule has 0 aromatic carbocycles. The average molecular weight is 605 g/mol. The van der Waals surface area contributed by atoms with E-state index < -0.39 is 126 Å². The highest BCUT2D eigenvalue weighted by Gasteiger charge is 2.73. The molecule has 7 unspecified atom stereocenters. The number of hydrogen-bond acceptors (Lipinski definition) is 14. The molecular formula is C23H36N6O11S. The predicted octanol–water partition coefficient (Wildman–Crippen LogP) is -4.47. The molecule has 1 amide bonds. The number of carboxylic acids is 3. The lowest BCUT2D eigenvalue weighted by molar-refractivity contribution is -0.173. The number of nitrogens with one attached hydrogen (secondary N) is 1. The Morgan fingerprint density at radius 2 is 1.46 bits per heavy atom. The van der Waals surface area contributed by atoms with Gasteiger partial charge in [-0.1, -0.05) is 0 Å². The molecule has 1 aliphatic heterocycles. The van der Waals surface area contributed by atoms with Crippen molar-refractivity contribution in [3.05, 3.63) is 0 Å². The summed E-state index contributed by atoms with van der Waals surface area (Å²) in [5.41, 5.74) is 22.3. The van der Waals surface area contributed by atoms with E-state index in [0.29, 0.717) is 0 Å². The first-order valence-corrected chi connectivity index (χ1v) is 13.1. The third-order valence-electron chi connectivity index (χ3n) is 7.06. The maximum atomic E-state index is 14.3. The van der Waals surface area contributed by atoms with Crippen LogP contribution in [0.15, 0.2) is 0 Å². The molecule has 1 heterocycles. The van der Waals surface area contributed by atoms with E-state index >= 15 is 0 Å². The first-order valence-electron chi connectivity index (χ1n) is 12.4. The summed E-state index contributed by atoms with van der Waals surface area (Å²) in [7, 11) is 0. The van der Waals surface area contributed by atoms with Crippen molar-refractivity contribution < 1.29 is 53.7 Å². The van der Waals surface area contributed by atoms with Crippen LogP contribution in [0.1, 0.15) is 38.5 Å². The summed E-state index contributed by atoms with van der Waals surface area (Å²) in [6, 6.07) is -7.49. The average Bonchev–Trinajstić information content (AvgIpc) is 3.35. The number of aliphatic carboxylic acids is 3. The zero-order chi connectivity index (χ0) is 31.9. The van der Waals surface area contributed by atoms with Crippen molar-refractivity contribution in [2.75, 3.05) is 12.3 Å². The third kappa shape index (κ3) is 7.14. The molecule has 1 aliphatic rings. The molecule has 14 N–H and O–H groups in total. The van der Waals surface area contributed by atoms with Crippen LogP contribution < -0.4 is 34.0 Å². The Kier molecular flexibility index (Phi) is 12.7. The fourth-order valence-corrected chi connectivity index (χ4v) is 5.22. The van der Waals surface area contributed by atoms with E-state index in [1.165, 1.54) is 0 Å². The number of carbonyl (C=O) groups is 8. The molecule has 1 rings (SSSR count). The summed E-state index contributed by atoms with van der Waals surface area (Å²) in [6.07, 6.45) is -3.70. The maximum Gasteiger partial charge on any atom is 0.333 e. The second kappa shape index (κ2) is 14.6. The van der Waals surface area contributed by atoms with Crippen molar-refractivity contribution in [3.63, 3.8) is 0 Å². The molecule has 18 heteroatoms. The molecule has 230 valence electrons. The summed E-state index contributed by atoms with van der Waals surface area (Å²) in [6.45, 7) is -0.513. The minimum Gasteiger partial charge on any atom is -0.481 e. The van der Waals surface area contributed by atoms with Gasteiger partial charge in [0.25, 0.3) is 0 Å². The van der Waals surface area contributed by atoms with Gasteiger partial charge in [-0.25, -0.2) is 4.79 Å². The van der Waals surface area contributed by atoms with Gasteiger partial charge in [0.05, 0.1) is 30.6 Å². The second-order valence-corrected chi connectivity index (χ2v) is 10.1. The van der Waals surface area contributed by atoms with E-state index in [1.807, 2.05) is 0 Å². The standard InChI is InChI=1S/C23H36N6O11S/c24-6-5-9(17(35)13-2-3-14(30)29-13)22(19(37)11(26)7-16(33)34,18(36)10(25)1-4-15(31)32)23(28,21(39)40)20(38)12(27)8-41/h9-13,41H,1-8,24-28H2,(H,29,30)(H,31,32)(H,33,34)(H,39,40). The maximum absolute atomic E-state index is 14.3. The number of hydrogen-bond donors (Lipinski definition) is 10. The topological polar surface area (TPSA) is 339 Å². The molecule has 17 nitrogen and oxygen atoms in total. The largest absolute Gasteiger partial charge is 0.481 e. The Bertz CT molecular complexity index is 1100. The van der Waals surface area contributed by atoms with Crippen LogP contribution in [-0.4, -0.2) is 104 Å². The minimum atomic E-state index is -3.71. The van der Waals surface area contributed by atoms with Gasteiger partial charge in [0.1, 0.15) is 5.41 Å². The van der Waals surface area contributed by atoms with E-state index in [9.17, 15) is 48.6 Å². The summed E-state index contributed by atoms with van der Waals surface area (Å²) in [5.74, 6) is -15.0. The van der Waals surface area contributed by atoms with Crippen LogP contribution in [0.4, 0.5) is 0 Å². The SMILES string of the molecule is NCCC(C(=O)C1CCC(=O)N1)C(C(=O)C(N)CCC(=O)O)(C(=O)C(N)CC(=O)O)C(N)(C(=O)O)C(=O)C(N)CS. The van der Waals surface area contributed by atoms with Crippen LogP contribution in [0.25, 0.3) is 0 Å². The first-order chi connectivity index (χ1) is 18.9. The zero-order valence-electron chi connectivity index (χ0n) is 22.0. The number of amides is 1. The molecule has 41 heavy (non-hydrogen) atoms. The number of thiol groups is 1. The quantitative estimate of drug-likeness (QED) is 0.0490. The monoisotopic (exact) mass is 604 g/mol. The fourth-order valence-electron chi connectivity index (χ4n) is 5.06. The van der Waals surface area contributed by atoms with Crippen molar-refractivity contribution >= 4 is 59.6 Å². The Hall–Kier alpha value is -3.29. The normalized spacial score (nSPS) is 20.8. The van der Waals surface area contributed by atoms with Gasteiger partial charge < -0.3 is 49.3 Å². The fraction of sp³-hybridized carbons (Fsp3) is 0.652. The highest BCUT2D eigenvalue weighted by atomic mass is 32.1. The minimum absolute atomic E-state index is 0.155. The Balaban J connectivity index is 4.33. The van der Waals surface area contributed by atoms with E-state index in [0.717, 1.165) is 0 Å².